The maximum absolute atomic E-state index is 12.2. The molecule has 0 aromatic heterocycles. The number of rotatable bonds is 7. The zero-order chi connectivity index (χ0) is 15.2. The molecule has 0 aliphatic heterocycles. The molecule has 0 bridgehead atoms. The van der Waals surface area contributed by atoms with Crippen molar-refractivity contribution < 1.29 is 14.6 Å². The number of ether oxygens (including phenoxy) is 1. The first-order valence-corrected chi connectivity index (χ1v) is 6.89. The molecule has 0 saturated heterocycles. The van der Waals surface area contributed by atoms with Crippen LogP contribution < -0.4 is 5.32 Å². The second-order valence-corrected chi connectivity index (χ2v) is 6.11. The Balaban J connectivity index is 4.47. The van der Waals surface area contributed by atoms with Gasteiger partial charge in [0.2, 0.25) is 0 Å². The minimum Gasteiger partial charge on any atom is -0.392 e. The number of nitrogens with one attached hydrogen (secondary N) is 1. The number of nitrogens with zero attached hydrogens (tertiary/aromatic N) is 1. The average Bonchev–Trinajstić information content (AvgIpc) is 2.24. The molecular formula is C14H30N2O3. The Morgan fingerprint density at radius 1 is 1.32 bits per heavy atom. The molecule has 5 nitrogen and oxygen atoms in total. The van der Waals surface area contributed by atoms with E-state index in [1.165, 1.54) is 0 Å². The monoisotopic (exact) mass is 274 g/mol. The largest absolute Gasteiger partial charge is 0.392 e. The summed E-state index contributed by atoms with van der Waals surface area (Å²) < 4.78 is 5.36. The van der Waals surface area contributed by atoms with Crippen molar-refractivity contribution in [3.63, 3.8) is 0 Å². The summed E-state index contributed by atoms with van der Waals surface area (Å²) in [5.41, 5.74) is -0.264. The third kappa shape index (κ3) is 7.38. The van der Waals surface area contributed by atoms with Gasteiger partial charge in [0.25, 0.3) is 0 Å². The molecule has 114 valence electrons. The summed E-state index contributed by atoms with van der Waals surface area (Å²) in [5, 5.41) is 12.4. The molecule has 2 atom stereocenters. The Labute approximate surface area is 117 Å². The van der Waals surface area contributed by atoms with Crippen LogP contribution in [0.15, 0.2) is 0 Å². The first-order chi connectivity index (χ1) is 8.59. The number of amides is 2. The van der Waals surface area contributed by atoms with Gasteiger partial charge in [0, 0.05) is 25.7 Å². The van der Waals surface area contributed by atoms with Crippen LogP contribution in [-0.4, -0.2) is 53.5 Å². The number of urea groups is 1. The van der Waals surface area contributed by atoms with E-state index < -0.39 is 6.10 Å². The van der Waals surface area contributed by atoms with Crippen molar-refractivity contribution in [3.05, 3.63) is 0 Å². The molecule has 0 rings (SSSR count). The Hall–Kier alpha value is -0.810. The predicted molar refractivity (Wildman–Crippen MR) is 77.2 cm³/mol. The number of hydrogen-bond donors (Lipinski definition) is 2. The summed E-state index contributed by atoms with van der Waals surface area (Å²) in [4.78, 5) is 13.8. The smallest absolute Gasteiger partial charge is 0.317 e. The molecule has 0 spiro atoms. The summed E-state index contributed by atoms with van der Waals surface area (Å²) in [6.07, 6.45) is 0.203. The fourth-order valence-corrected chi connectivity index (χ4v) is 1.98. The van der Waals surface area contributed by atoms with E-state index in [0.29, 0.717) is 6.54 Å². The van der Waals surface area contributed by atoms with Crippen LogP contribution in [0, 0.1) is 0 Å². The fourth-order valence-electron chi connectivity index (χ4n) is 1.98. The molecule has 0 heterocycles. The van der Waals surface area contributed by atoms with Crippen LogP contribution in [0.1, 0.15) is 48.0 Å². The summed E-state index contributed by atoms with van der Waals surface area (Å²) in [7, 11) is 1.67. The highest BCUT2D eigenvalue weighted by atomic mass is 16.5. The van der Waals surface area contributed by atoms with E-state index in [4.69, 9.17) is 4.74 Å². The number of carbonyl (C=O) groups is 1. The van der Waals surface area contributed by atoms with Crippen molar-refractivity contribution >= 4 is 6.03 Å². The standard InChI is InChI=1S/C14H30N2O3/c1-10(2)16(9-12(4)17)13(18)15-11(3)8-14(5,6)19-7/h10-12,17H,8-9H2,1-7H3,(H,15,18). The lowest BCUT2D eigenvalue weighted by Crippen LogP contribution is -2.50. The average molecular weight is 274 g/mol. The third-order valence-corrected chi connectivity index (χ3v) is 3.07. The number of methoxy groups -OCH3 is 1. The minimum absolute atomic E-state index is 0.0118. The molecule has 0 radical (unpaired) electrons. The Morgan fingerprint density at radius 3 is 2.21 bits per heavy atom. The molecule has 0 aromatic carbocycles. The molecule has 0 saturated carbocycles. The molecule has 0 aliphatic rings. The van der Waals surface area contributed by atoms with Crippen LogP contribution in [0.3, 0.4) is 0 Å². The Kier molecular flexibility index (Phi) is 7.37. The Morgan fingerprint density at radius 2 is 1.84 bits per heavy atom. The van der Waals surface area contributed by atoms with Gasteiger partial charge in [0.1, 0.15) is 0 Å². The summed E-state index contributed by atoms with van der Waals surface area (Å²) in [5.74, 6) is 0. The zero-order valence-electron chi connectivity index (χ0n) is 13.4. The second kappa shape index (κ2) is 7.70. The highest BCUT2D eigenvalue weighted by Crippen LogP contribution is 2.15. The molecule has 0 aromatic rings. The van der Waals surface area contributed by atoms with Crippen molar-refractivity contribution in [1.82, 2.24) is 10.2 Å². The molecule has 0 aliphatic carbocycles. The van der Waals surface area contributed by atoms with Crippen LogP contribution in [0.4, 0.5) is 4.79 Å². The van der Waals surface area contributed by atoms with Crippen LogP contribution in [0.25, 0.3) is 0 Å². The van der Waals surface area contributed by atoms with Crippen LogP contribution in [0.5, 0.6) is 0 Å². The van der Waals surface area contributed by atoms with E-state index in [-0.39, 0.29) is 23.7 Å². The van der Waals surface area contributed by atoms with E-state index in [0.717, 1.165) is 6.42 Å². The normalized spacial score (nSPS) is 15.2. The van der Waals surface area contributed by atoms with Gasteiger partial charge in [-0.1, -0.05) is 0 Å². The van der Waals surface area contributed by atoms with Gasteiger partial charge in [-0.25, -0.2) is 4.79 Å². The van der Waals surface area contributed by atoms with Gasteiger partial charge >= 0.3 is 6.03 Å². The lowest BCUT2D eigenvalue weighted by atomic mass is 10.00. The zero-order valence-corrected chi connectivity index (χ0v) is 13.4. The quantitative estimate of drug-likeness (QED) is 0.746. The van der Waals surface area contributed by atoms with Crippen LogP contribution in [-0.2, 0) is 4.74 Å². The van der Waals surface area contributed by atoms with Crippen LogP contribution >= 0.6 is 0 Å². The van der Waals surface area contributed by atoms with E-state index in [2.05, 4.69) is 5.32 Å². The lowest BCUT2D eigenvalue weighted by molar-refractivity contribution is 0.00885. The maximum Gasteiger partial charge on any atom is 0.317 e. The van der Waals surface area contributed by atoms with Crippen molar-refractivity contribution in [3.8, 4) is 0 Å². The maximum atomic E-state index is 12.2. The van der Waals surface area contributed by atoms with Gasteiger partial charge in [-0.3, -0.25) is 0 Å². The van der Waals surface area contributed by atoms with Crippen LogP contribution in [0.2, 0.25) is 0 Å². The molecule has 2 amide bonds. The molecule has 5 heteroatoms. The predicted octanol–water partition coefficient (Wildman–Crippen LogP) is 1.99. The summed E-state index contributed by atoms with van der Waals surface area (Å²) in [6, 6.07) is -0.0785. The summed E-state index contributed by atoms with van der Waals surface area (Å²) in [6.45, 7) is 11.8. The molecule has 2 unspecified atom stereocenters. The topological polar surface area (TPSA) is 61.8 Å². The highest BCUT2D eigenvalue weighted by molar-refractivity contribution is 5.74. The molecule has 19 heavy (non-hydrogen) atoms. The molecule has 2 N–H and O–H groups in total. The van der Waals surface area contributed by atoms with Gasteiger partial charge in [-0.05, 0) is 48.0 Å². The van der Waals surface area contributed by atoms with E-state index in [1.807, 2.05) is 34.6 Å². The Bertz CT molecular complexity index is 278. The fraction of sp³-hybridized carbons (Fsp3) is 0.929. The third-order valence-electron chi connectivity index (χ3n) is 3.07. The first kappa shape index (κ1) is 18.2. The van der Waals surface area contributed by atoms with E-state index in [9.17, 15) is 9.90 Å². The SMILES string of the molecule is COC(C)(C)CC(C)NC(=O)N(CC(C)O)C(C)C. The van der Waals surface area contributed by atoms with E-state index >= 15 is 0 Å². The highest BCUT2D eigenvalue weighted by Gasteiger charge is 2.24. The minimum atomic E-state index is -0.529. The van der Waals surface area contributed by atoms with Gasteiger partial charge in [0.05, 0.1) is 11.7 Å². The number of hydrogen-bond acceptors (Lipinski definition) is 3. The van der Waals surface area contributed by atoms with Gasteiger partial charge in [-0.15, -0.1) is 0 Å². The number of carbonyl (C=O) groups excluding carboxylic acids is 1. The molecule has 0 fully saturated rings. The molecular weight excluding hydrogens is 244 g/mol. The van der Waals surface area contributed by atoms with Gasteiger partial charge < -0.3 is 20.1 Å². The van der Waals surface area contributed by atoms with Crippen molar-refractivity contribution in [2.24, 2.45) is 0 Å². The van der Waals surface area contributed by atoms with Gasteiger partial charge in [-0.2, -0.15) is 0 Å². The number of aliphatic hydroxyl groups is 1. The van der Waals surface area contributed by atoms with Crippen molar-refractivity contribution in [1.29, 1.82) is 0 Å². The first-order valence-electron chi connectivity index (χ1n) is 6.89. The van der Waals surface area contributed by atoms with Gasteiger partial charge in [0.15, 0.2) is 0 Å². The van der Waals surface area contributed by atoms with Crippen molar-refractivity contribution in [2.45, 2.75) is 71.8 Å². The lowest BCUT2D eigenvalue weighted by Gasteiger charge is -2.32. The van der Waals surface area contributed by atoms with E-state index in [1.54, 1.807) is 18.9 Å². The number of aliphatic hydroxyl groups excluding tert-OH is 1. The second-order valence-electron chi connectivity index (χ2n) is 6.11. The summed E-state index contributed by atoms with van der Waals surface area (Å²) >= 11 is 0. The van der Waals surface area contributed by atoms with Crippen molar-refractivity contribution in [2.75, 3.05) is 13.7 Å².